The Balaban J connectivity index is 2.18. The molecule has 2 rings (SSSR count). The van der Waals surface area contributed by atoms with Crippen molar-refractivity contribution in [1.29, 1.82) is 0 Å². The number of aromatic nitrogens is 1. The third-order valence-electron chi connectivity index (χ3n) is 4.09. The molecule has 0 spiro atoms. The molecule has 1 aliphatic rings. The molecule has 0 saturated carbocycles. The van der Waals surface area contributed by atoms with E-state index in [1.54, 1.807) is 0 Å². The molecule has 1 saturated heterocycles. The minimum absolute atomic E-state index is 0.0656. The van der Waals surface area contributed by atoms with E-state index >= 15 is 0 Å². The summed E-state index contributed by atoms with van der Waals surface area (Å²) in [6.07, 6.45) is 1.61. The Morgan fingerprint density at radius 2 is 2.15 bits per heavy atom. The average molecular weight is 280 g/mol. The number of nitrogens with zero attached hydrogens (tertiary/aromatic N) is 2. The molecular weight excluding hydrogens is 263 g/mol. The Bertz CT molecular complexity index is 530. The molecule has 1 fully saturated rings. The van der Waals surface area contributed by atoms with Crippen LogP contribution in [0.15, 0.2) is 18.3 Å². The van der Waals surface area contributed by atoms with E-state index in [1.807, 2.05) is 13.8 Å². The Hall–Kier alpha value is -1.98. The SMILES string of the molecule is CC(C)C1(C(=O)O)CCN(C(=O)c2ccc(F)nc2)C1. The van der Waals surface area contributed by atoms with Crippen molar-refractivity contribution >= 4 is 11.9 Å². The molecule has 1 N–H and O–H groups in total. The molecule has 1 aromatic heterocycles. The van der Waals surface area contributed by atoms with Crippen LogP contribution in [0, 0.1) is 17.3 Å². The topological polar surface area (TPSA) is 70.5 Å². The molecule has 1 aliphatic heterocycles. The van der Waals surface area contributed by atoms with Crippen LogP contribution in [0.2, 0.25) is 0 Å². The van der Waals surface area contributed by atoms with Gasteiger partial charge in [0.1, 0.15) is 0 Å². The zero-order chi connectivity index (χ0) is 14.9. The highest BCUT2D eigenvalue weighted by Crippen LogP contribution is 2.38. The van der Waals surface area contributed by atoms with E-state index in [0.717, 1.165) is 6.07 Å². The van der Waals surface area contributed by atoms with Crippen molar-refractivity contribution in [3.8, 4) is 0 Å². The summed E-state index contributed by atoms with van der Waals surface area (Å²) in [5.41, 5.74) is -0.625. The Morgan fingerprint density at radius 3 is 2.60 bits per heavy atom. The van der Waals surface area contributed by atoms with Gasteiger partial charge in [0, 0.05) is 19.3 Å². The van der Waals surface area contributed by atoms with Gasteiger partial charge in [0.05, 0.1) is 11.0 Å². The summed E-state index contributed by atoms with van der Waals surface area (Å²) in [5.74, 6) is -1.89. The summed E-state index contributed by atoms with van der Waals surface area (Å²) in [6.45, 7) is 4.26. The van der Waals surface area contributed by atoms with E-state index in [4.69, 9.17) is 0 Å². The van der Waals surface area contributed by atoms with Crippen LogP contribution in [0.25, 0.3) is 0 Å². The highest BCUT2D eigenvalue weighted by molar-refractivity contribution is 5.94. The maximum atomic E-state index is 12.7. The van der Waals surface area contributed by atoms with Gasteiger partial charge < -0.3 is 10.0 Å². The number of carboxylic acid groups (broad SMARTS) is 1. The number of aliphatic carboxylic acids is 1. The summed E-state index contributed by atoms with van der Waals surface area (Å²) in [5, 5.41) is 9.44. The van der Waals surface area contributed by atoms with Crippen LogP contribution >= 0.6 is 0 Å². The van der Waals surface area contributed by atoms with E-state index in [0.29, 0.717) is 13.0 Å². The second-order valence-electron chi connectivity index (χ2n) is 5.46. The van der Waals surface area contributed by atoms with Gasteiger partial charge in [0.2, 0.25) is 5.95 Å². The summed E-state index contributed by atoms with van der Waals surface area (Å²) in [6, 6.07) is 2.48. The standard InChI is InChI=1S/C14H17FN2O3/c1-9(2)14(13(19)20)5-6-17(8-14)12(18)10-3-4-11(15)16-7-10/h3-4,7,9H,5-6,8H2,1-2H3,(H,19,20). The molecule has 1 unspecified atom stereocenters. The van der Waals surface area contributed by atoms with Crippen LogP contribution < -0.4 is 0 Å². The summed E-state index contributed by atoms with van der Waals surface area (Å²) < 4.78 is 12.7. The highest BCUT2D eigenvalue weighted by atomic mass is 19.1. The highest BCUT2D eigenvalue weighted by Gasteiger charge is 2.48. The van der Waals surface area contributed by atoms with E-state index in [-0.39, 0.29) is 23.9 Å². The number of hydrogen-bond acceptors (Lipinski definition) is 3. The normalized spacial score (nSPS) is 22.3. The molecule has 1 atom stereocenters. The Morgan fingerprint density at radius 1 is 1.45 bits per heavy atom. The molecule has 1 amide bonds. The Kier molecular flexibility index (Phi) is 3.74. The third-order valence-corrected chi connectivity index (χ3v) is 4.09. The number of amides is 1. The number of carbonyl (C=O) groups is 2. The smallest absolute Gasteiger partial charge is 0.311 e. The monoisotopic (exact) mass is 280 g/mol. The van der Waals surface area contributed by atoms with Crippen LogP contribution in [-0.4, -0.2) is 40.0 Å². The average Bonchev–Trinajstić information content (AvgIpc) is 2.85. The van der Waals surface area contributed by atoms with Crippen LogP contribution in [0.4, 0.5) is 4.39 Å². The molecule has 0 bridgehead atoms. The summed E-state index contributed by atoms with van der Waals surface area (Å²) >= 11 is 0. The maximum Gasteiger partial charge on any atom is 0.311 e. The first kappa shape index (κ1) is 14.4. The van der Waals surface area contributed by atoms with Crippen molar-refractivity contribution in [2.75, 3.05) is 13.1 Å². The van der Waals surface area contributed by atoms with E-state index in [1.165, 1.54) is 17.2 Å². The van der Waals surface area contributed by atoms with E-state index in [9.17, 15) is 19.1 Å². The van der Waals surface area contributed by atoms with Crippen molar-refractivity contribution in [2.24, 2.45) is 11.3 Å². The van der Waals surface area contributed by atoms with Crippen molar-refractivity contribution in [1.82, 2.24) is 9.88 Å². The van der Waals surface area contributed by atoms with Gasteiger partial charge >= 0.3 is 5.97 Å². The minimum Gasteiger partial charge on any atom is -0.481 e. The number of hydrogen-bond donors (Lipinski definition) is 1. The molecular formula is C14H17FN2O3. The van der Waals surface area contributed by atoms with Gasteiger partial charge in [0.25, 0.3) is 5.91 Å². The van der Waals surface area contributed by atoms with Crippen LogP contribution in [0.1, 0.15) is 30.6 Å². The van der Waals surface area contributed by atoms with Gasteiger partial charge in [-0.3, -0.25) is 9.59 Å². The lowest BCUT2D eigenvalue weighted by Gasteiger charge is -2.28. The molecule has 1 aromatic rings. The quantitative estimate of drug-likeness (QED) is 0.857. The van der Waals surface area contributed by atoms with Gasteiger partial charge in [-0.25, -0.2) is 4.98 Å². The number of carbonyl (C=O) groups excluding carboxylic acids is 1. The number of pyridine rings is 1. The lowest BCUT2D eigenvalue weighted by molar-refractivity contribution is -0.150. The van der Waals surface area contributed by atoms with Gasteiger partial charge in [-0.1, -0.05) is 13.8 Å². The molecule has 5 nitrogen and oxygen atoms in total. The van der Waals surface area contributed by atoms with Crippen LogP contribution in [0.5, 0.6) is 0 Å². The molecule has 0 aromatic carbocycles. The summed E-state index contributed by atoms with van der Waals surface area (Å²) in [7, 11) is 0. The Labute approximate surface area is 116 Å². The predicted molar refractivity (Wildman–Crippen MR) is 69.6 cm³/mol. The third kappa shape index (κ3) is 2.37. The second kappa shape index (κ2) is 5.19. The first-order chi connectivity index (χ1) is 9.36. The molecule has 20 heavy (non-hydrogen) atoms. The van der Waals surface area contributed by atoms with Crippen molar-refractivity contribution in [2.45, 2.75) is 20.3 Å². The van der Waals surface area contributed by atoms with Crippen LogP contribution in [0.3, 0.4) is 0 Å². The molecule has 0 aliphatic carbocycles. The molecule has 108 valence electrons. The van der Waals surface area contributed by atoms with Crippen molar-refractivity contribution in [3.63, 3.8) is 0 Å². The summed E-state index contributed by atoms with van der Waals surface area (Å²) in [4.78, 5) is 28.7. The molecule has 2 heterocycles. The number of likely N-dealkylation sites (tertiary alicyclic amines) is 1. The number of carboxylic acids is 1. The first-order valence-corrected chi connectivity index (χ1v) is 6.51. The van der Waals surface area contributed by atoms with E-state index in [2.05, 4.69) is 4.98 Å². The van der Waals surface area contributed by atoms with Gasteiger partial charge in [0.15, 0.2) is 0 Å². The molecule has 6 heteroatoms. The first-order valence-electron chi connectivity index (χ1n) is 6.51. The number of halogens is 1. The fourth-order valence-corrected chi connectivity index (χ4v) is 2.58. The minimum atomic E-state index is -0.900. The lowest BCUT2D eigenvalue weighted by atomic mass is 9.76. The largest absolute Gasteiger partial charge is 0.481 e. The van der Waals surface area contributed by atoms with Gasteiger partial charge in [-0.05, 0) is 24.5 Å². The van der Waals surface area contributed by atoms with E-state index < -0.39 is 17.3 Å². The van der Waals surface area contributed by atoms with Gasteiger partial charge in [-0.15, -0.1) is 0 Å². The zero-order valence-corrected chi connectivity index (χ0v) is 11.5. The molecule has 0 radical (unpaired) electrons. The zero-order valence-electron chi connectivity index (χ0n) is 11.5. The van der Waals surface area contributed by atoms with Crippen LogP contribution in [-0.2, 0) is 4.79 Å². The fraction of sp³-hybridized carbons (Fsp3) is 0.500. The lowest BCUT2D eigenvalue weighted by Crippen LogP contribution is -2.40. The predicted octanol–water partition coefficient (Wildman–Crippen LogP) is 1.79. The fourth-order valence-electron chi connectivity index (χ4n) is 2.58. The van der Waals surface area contributed by atoms with Gasteiger partial charge in [-0.2, -0.15) is 4.39 Å². The number of rotatable bonds is 3. The maximum absolute atomic E-state index is 12.7. The second-order valence-corrected chi connectivity index (χ2v) is 5.46. The van der Waals surface area contributed by atoms with Crippen molar-refractivity contribution < 1.29 is 19.1 Å². The van der Waals surface area contributed by atoms with Crippen molar-refractivity contribution in [3.05, 3.63) is 29.8 Å².